The van der Waals surface area contributed by atoms with Crippen molar-refractivity contribution in [1.82, 2.24) is 9.78 Å². The number of hydrogen-bond donors (Lipinski definition) is 1. The van der Waals surface area contributed by atoms with Crippen LogP contribution in [0, 0.1) is 0 Å². The van der Waals surface area contributed by atoms with Gasteiger partial charge >= 0.3 is 5.97 Å². The quantitative estimate of drug-likeness (QED) is 0.938. The van der Waals surface area contributed by atoms with E-state index in [0.29, 0.717) is 6.10 Å². The van der Waals surface area contributed by atoms with Crippen molar-refractivity contribution in [2.24, 2.45) is 7.05 Å². The van der Waals surface area contributed by atoms with Gasteiger partial charge in [0.25, 0.3) is 0 Å². The Kier molecular flexibility index (Phi) is 4.38. The average molecular weight is 318 g/mol. The maximum atomic E-state index is 11.0. The second-order valence-corrected chi connectivity index (χ2v) is 6.52. The van der Waals surface area contributed by atoms with Crippen LogP contribution < -0.4 is 4.74 Å². The van der Waals surface area contributed by atoms with Gasteiger partial charge in [0.2, 0.25) is 0 Å². The highest BCUT2D eigenvalue weighted by Crippen LogP contribution is 2.26. The summed E-state index contributed by atoms with van der Waals surface area (Å²) in [5.41, 5.74) is 1.75. The van der Waals surface area contributed by atoms with Crippen LogP contribution in [0.4, 0.5) is 0 Å². The van der Waals surface area contributed by atoms with Crippen molar-refractivity contribution in [2.75, 3.05) is 11.5 Å². The molecule has 0 radical (unpaired) electrons. The van der Waals surface area contributed by atoms with E-state index >= 15 is 0 Å². The smallest absolute Gasteiger partial charge is 0.356 e. The molecule has 1 aromatic carbocycles. The summed E-state index contributed by atoms with van der Waals surface area (Å²) in [5, 5.41) is 13.0. The van der Waals surface area contributed by atoms with Gasteiger partial charge < -0.3 is 9.84 Å². The Balaban J connectivity index is 1.74. The van der Waals surface area contributed by atoms with Crippen molar-refractivity contribution in [2.45, 2.75) is 18.9 Å². The fraction of sp³-hybridized carbons (Fsp3) is 0.375. The number of carboxylic acids is 1. The van der Waals surface area contributed by atoms with Crippen LogP contribution in [0.25, 0.3) is 11.3 Å². The Labute approximate surface area is 133 Å². The van der Waals surface area contributed by atoms with E-state index in [1.165, 1.54) is 0 Å². The number of carbonyl (C=O) groups is 1. The topological polar surface area (TPSA) is 64.4 Å². The molecule has 22 heavy (non-hydrogen) atoms. The molecular weight excluding hydrogens is 300 g/mol. The first-order valence-corrected chi connectivity index (χ1v) is 8.41. The average Bonchev–Trinajstić information content (AvgIpc) is 2.91. The van der Waals surface area contributed by atoms with Gasteiger partial charge in [0.15, 0.2) is 5.69 Å². The summed E-state index contributed by atoms with van der Waals surface area (Å²) in [5.74, 6) is 2.17. The summed E-state index contributed by atoms with van der Waals surface area (Å²) >= 11 is 1.98. The minimum atomic E-state index is -1.02. The molecular formula is C16H18N2O3S. The molecule has 1 N–H and O–H groups in total. The first-order valence-electron chi connectivity index (χ1n) is 7.25. The normalized spacial score (nSPS) is 15.7. The number of rotatable bonds is 4. The molecule has 1 aromatic heterocycles. The molecule has 0 aliphatic carbocycles. The third-order valence-electron chi connectivity index (χ3n) is 3.72. The molecule has 0 saturated carbocycles. The molecule has 0 unspecified atom stereocenters. The Morgan fingerprint density at radius 1 is 1.32 bits per heavy atom. The lowest BCUT2D eigenvalue weighted by atomic mass is 10.1. The van der Waals surface area contributed by atoms with Gasteiger partial charge in [-0.05, 0) is 54.7 Å². The molecule has 1 saturated heterocycles. The molecule has 1 aliphatic heterocycles. The monoisotopic (exact) mass is 318 g/mol. The van der Waals surface area contributed by atoms with Crippen LogP contribution in [0.5, 0.6) is 5.75 Å². The second-order valence-electron chi connectivity index (χ2n) is 5.30. The van der Waals surface area contributed by atoms with Crippen LogP contribution in [-0.2, 0) is 7.05 Å². The van der Waals surface area contributed by atoms with Gasteiger partial charge in [-0.15, -0.1) is 0 Å². The van der Waals surface area contributed by atoms with Crippen molar-refractivity contribution in [1.29, 1.82) is 0 Å². The number of aryl methyl sites for hydroxylation is 1. The van der Waals surface area contributed by atoms with Gasteiger partial charge in [0, 0.05) is 12.6 Å². The molecule has 0 bridgehead atoms. The zero-order chi connectivity index (χ0) is 15.5. The number of thioether (sulfide) groups is 1. The summed E-state index contributed by atoms with van der Waals surface area (Å²) in [6, 6.07) is 9.33. The van der Waals surface area contributed by atoms with E-state index < -0.39 is 5.97 Å². The number of benzene rings is 1. The summed E-state index contributed by atoms with van der Waals surface area (Å²) in [4.78, 5) is 11.0. The molecule has 0 atom stereocenters. The highest BCUT2D eigenvalue weighted by Gasteiger charge is 2.16. The number of aromatic nitrogens is 2. The molecule has 1 aliphatic rings. The first-order chi connectivity index (χ1) is 10.6. The maximum Gasteiger partial charge on any atom is 0.356 e. The van der Waals surface area contributed by atoms with Crippen LogP contribution >= 0.6 is 11.8 Å². The van der Waals surface area contributed by atoms with Crippen molar-refractivity contribution in [3.8, 4) is 17.0 Å². The van der Waals surface area contributed by atoms with Gasteiger partial charge in [-0.2, -0.15) is 16.9 Å². The van der Waals surface area contributed by atoms with E-state index in [1.54, 1.807) is 17.8 Å². The minimum Gasteiger partial charge on any atom is -0.490 e. The fourth-order valence-electron chi connectivity index (χ4n) is 2.53. The lowest BCUT2D eigenvalue weighted by molar-refractivity contribution is 0.0689. The summed E-state index contributed by atoms with van der Waals surface area (Å²) in [6.45, 7) is 0. The van der Waals surface area contributed by atoms with E-state index in [-0.39, 0.29) is 5.69 Å². The van der Waals surface area contributed by atoms with E-state index in [0.717, 1.165) is 41.4 Å². The molecule has 1 fully saturated rings. The Bertz CT molecular complexity index is 661. The van der Waals surface area contributed by atoms with Crippen LogP contribution in [0.3, 0.4) is 0 Å². The minimum absolute atomic E-state index is 0.0533. The first kappa shape index (κ1) is 15.0. The van der Waals surface area contributed by atoms with Crippen molar-refractivity contribution >= 4 is 17.7 Å². The number of aromatic carboxylic acids is 1. The Morgan fingerprint density at radius 3 is 2.59 bits per heavy atom. The molecule has 0 spiro atoms. The zero-order valence-corrected chi connectivity index (χ0v) is 13.2. The largest absolute Gasteiger partial charge is 0.490 e. The predicted molar refractivity (Wildman–Crippen MR) is 86.6 cm³/mol. The van der Waals surface area contributed by atoms with E-state index in [1.807, 2.05) is 36.0 Å². The Morgan fingerprint density at radius 2 is 2.00 bits per heavy atom. The molecule has 2 aromatic rings. The van der Waals surface area contributed by atoms with Crippen LogP contribution in [0.15, 0.2) is 30.3 Å². The van der Waals surface area contributed by atoms with Gasteiger partial charge in [-0.3, -0.25) is 4.68 Å². The fourth-order valence-corrected chi connectivity index (χ4v) is 3.60. The third-order valence-corrected chi connectivity index (χ3v) is 4.77. The molecule has 0 amide bonds. The van der Waals surface area contributed by atoms with Gasteiger partial charge in [-0.25, -0.2) is 4.79 Å². The van der Waals surface area contributed by atoms with E-state index in [2.05, 4.69) is 5.10 Å². The molecule has 3 rings (SSSR count). The Hall–Kier alpha value is -1.95. The van der Waals surface area contributed by atoms with Crippen LogP contribution in [0.2, 0.25) is 0 Å². The SMILES string of the molecule is Cn1nc(C(=O)O)cc1-c1ccc(OC2CCSCC2)cc1. The molecule has 6 heteroatoms. The second kappa shape index (κ2) is 6.44. The lowest BCUT2D eigenvalue weighted by Crippen LogP contribution is -2.21. The highest BCUT2D eigenvalue weighted by molar-refractivity contribution is 7.99. The summed E-state index contributed by atoms with van der Waals surface area (Å²) in [7, 11) is 1.74. The van der Waals surface area contributed by atoms with Gasteiger partial charge in [0.1, 0.15) is 11.9 Å². The van der Waals surface area contributed by atoms with Gasteiger partial charge in [-0.1, -0.05) is 0 Å². The molecule has 5 nitrogen and oxygen atoms in total. The predicted octanol–water partition coefficient (Wildman–Crippen LogP) is 3.06. The van der Waals surface area contributed by atoms with E-state index in [9.17, 15) is 4.79 Å². The standard InChI is InChI=1S/C16H18N2O3S/c1-18-15(10-14(17-18)16(19)20)11-2-4-12(5-3-11)21-13-6-8-22-9-7-13/h2-5,10,13H,6-9H2,1H3,(H,19,20). The number of hydrogen-bond acceptors (Lipinski definition) is 4. The maximum absolute atomic E-state index is 11.0. The summed E-state index contributed by atoms with van der Waals surface area (Å²) < 4.78 is 7.57. The van der Waals surface area contributed by atoms with Crippen molar-refractivity contribution < 1.29 is 14.6 Å². The molecule has 116 valence electrons. The van der Waals surface area contributed by atoms with Crippen LogP contribution in [0.1, 0.15) is 23.3 Å². The lowest BCUT2D eigenvalue weighted by Gasteiger charge is -2.22. The number of ether oxygens (including phenoxy) is 1. The zero-order valence-electron chi connectivity index (χ0n) is 12.4. The van der Waals surface area contributed by atoms with E-state index in [4.69, 9.17) is 9.84 Å². The number of carboxylic acid groups (broad SMARTS) is 1. The number of nitrogens with zero attached hydrogens (tertiary/aromatic N) is 2. The van der Waals surface area contributed by atoms with Crippen molar-refractivity contribution in [3.63, 3.8) is 0 Å². The third kappa shape index (κ3) is 3.27. The molecule has 2 heterocycles. The summed E-state index contributed by atoms with van der Waals surface area (Å²) in [6.07, 6.45) is 2.49. The van der Waals surface area contributed by atoms with Crippen molar-refractivity contribution in [3.05, 3.63) is 36.0 Å². The van der Waals surface area contributed by atoms with Gasteiger partial charge in [0.05, 0.1) is 5.69 Å². The van der Waals surface area contributed by atoms with Crippen LogP contribution in [-0.4, -0.2) is 38.5 Å². The highest BCUT2D eigenvalue weighted by atomic mass is 32.2.